The molecule has 10 heteroatoms. The van der Waals surface area contributed by atoms with Gasteiger partial charge in [-0.1, -0.05) is 41.4 Å². The second-order valence-electron chi connectivity index (χ2n) is 8.51. The van der Waals surface area contributed by atoms with Crippen LogP contribution in [0.5, 0.6) is 5.75 Å². The molecule has 0 spiro atoms. The third-order valence-electron chi connectivity index (χ3n) is 6.12. The van der Waals surface area contributed by atoms with Crippen molar-refractivity contribution in [3.8, 4) is 5.75 Å². The fourth-order valence-electron chi connectivity index (χ4n) is 4.17. The Morgan fingerprint density at radius 2 is 1.68 bits per heavy atom. The summed E-state index contributed by atoms with van der Waals surface area (Å²) in [4.78, 5) is 29.6. The van der Waals surface area contributed by atoms with Gasteiger partial charge in [0.15, 0.2) is 5.11 Å². The molecule has 4 rings (SSSR count). The van der Waals surface area contributed by atoms with Gasteiger partial charge in [-0.15, -0.1) is 0 Å². The number of halogens is 2. The number of ether oxygens (including phenoxy) is 1. The lowest BCUT2D eigenvalue weighted by molar-refractivity contribution is 0.0746. The summed E-state index contributed by atoms with van der Waals surface area (Å²) in [5, 5.41) is 6.67. The van der Waals surface area contributed by atoms with Crippen molar-refractivity contribution in [2.24, 2.45) is 0 Å². The summed E-state index contributed by atoms with van der Waals surface area (Å²) in [5.74, 6) is -0.00942. The molecule has 192 valence electrons. The van der Waals surface area contributed by atoms with Crippen LogP contribution < -0.4 is 20.3 Å². The minimum absolute atomic E-state index is 0.0503. The van der Waals surface area contributed by atoms with Gasteiger partial charge in [0, 0.05) is 42.5 Å². The van der Waals surface area contributed by atoms with Gasteiger partial charge in [0.05, 0.1) is 23.4 Å². The summed E-state index contributed by atoms with van der Waals surface area (Å²) in [5.41, 5.74) is 3.48. The smallest absolute Gasteiger partial charge is 0.261 e. The molecule has 3 aromatic carbocycles. The number of rotatable bonds is 5. The van der Waals surface area contributed by atoms with Gasteiger partial charge in [-0.05, 0) is 67.2 Å². The summed E-state index contributed by atoms with van der Waals surface area (Å²) in [6.45, 7) is 4.49. The van der Waals surface area contributed by atoms with Gasteiger partial charge in [0.1, 0.15) is 5.75 Å². The first-order valence-corrected chi connectivity index (χ1v) is 12.8. The number of nitrogens with zero attached hydrogens (tertiary/aromatic N) is 2. The van der Waals surface area contributed by atoms with Gasteiger partial charge in [-0.25, -0.2) is 0 Å². The van der Waals surface area contributed by atoms with Crippen molar-refractivity contribution in [2.45, 2.75) is 6.92 Å². The fourth-order valence-corrected chi connectivity index (χ4v) is 4.85. The predicted octanol–water partition coefficient (Wildman–Crippen LogP) is 5.40. The van der Waals surface area contributed by atoms with Crippen molar-refractivity contribution in [1.29, 1.82) is 0 Å². The third-order valence-corrected chi connectivity index (χ3v) is 6.86. The first kappa shape index (κ1) is 26.7. The number of methoxy groups -OCH3 is 1. The van der Waals surface area contributed by atoms with Crippen molar-refractivity contribution >= 4 is 63.7 Å². The summed E-state index contributed by atoms with van der Waals surface area (Å²) in [6.07, 6.45) is 0. The Bertz CT molecular complexity index is 1340. The van der Waals surface area contributed by atoms with E-state index in [-0.39, 0.29) is 16.6 Å². The number of thiocarbonyl (C=S) groups is 1. The van der Waals surface area contributed by atoms with E-state index < -0.39 is 5.91 Å². The molecule has 1 aliphatic heterocycles. The quantitative estimate of drug-likeness (QED) is 0.410. The highest BCUT2D eigenvalue weighted by Crippen LogP contribution is 2.30. The maximum absolute atomic E-state index is 12.9. The predicted molar refractivity (Wildman–Crippen MR) is 152 cm³/mol. The van der Waals surface area contributed by atoms with Crippen molar-refractivity contribution in [1.82, 2.24) is 10.2 Å². The van der Waals surface area contributed by atoms with Crippen LogP contribution in [0, 0.1) is 6.92 Å². The second-order valence-corrected chi connectivity index (χ2v) is 9.77. The molecule has 0 aromatic heterocycles. The molecule has 2 amide bonds. The minimum atomic E-state index is -0.447. The first-order chi connectivity index (χ1) is 17.8. The summed E-state index contributed by atoms with van der Waals surface area (Å²) in [7, 11) is 1.47. The van der Waals surface area contributed by atoms with Crippen LogP contribution in [0.1, 0.15) is 26.3 Å². The van der Waals surface area contributed by atoms with Crippen LogP contribution >= 0.6 is 35.4 Å². The molecule has 3 aromatic rings. The maximum Gasteiger partial charge on any atom is 0.261 e. The molecular formula is C27H26Cl2N4O3S. The Balaban J connectivity index is 1.35. The number of carbonyl (C=O) groups is 2. The standard InChI is InChI=1S/C27H26Cl2N4O3S/c1-17-5-3-4-6-20(17)26(35)33-13-11-32(12-14-33)23-9-8-19(16-22(23)29)30-27(37)31-25(34)21-15-18(28)7-10-24(21)36-2/h3-10,15-16H,11-14H2,1-2H3,(H2,30,31,34,37). The Morgan fingerprint density at radius 3 is 2.35 bits per heavy atom. The van der Waals surface area contributed by atoms with Crippen LogP contribution in [0.25, 0.3) is 0 Å². The number of hydrogen-bond acceptors (Lipinski definition) is 5. The molecule has 2 N–H and O–H groups in total. The molecule has 37 heavy (non-hydrogen) atoms. The molecule has 0 saturated carbocycles. The van der Waals surface area contributed by atoms with Crippen LogP contribution in [0.3, 0.4) is 0 Å². The molecule has 0 aliphatic carbocycles. The van der Waals surface area contributed by atoms with Gasteiger partial charge in [-0.2, -0.15) is 0 Å². The number of aryl methyl sites for hydroxylation is 1. The number of hydrogen-bond donors (Lipinski definition) is 2. The van der Waals surface area contributed by atoms with E-state index in [4.69, 9.17) is 40.2 Å². The molecule has 7 nitrogen and oxygen atoms in total. The average Bonchev–Trinajstić information content (AvgIpc) is 2.88. The van der Waals surface area contributed by atoms with E-state index in [1.807, 2.05) is 48.2 Å². The minimum Gasteiger partial charge on any atom is -0.496 e. The molecule has 0 unspecified atom stereocenters. The Kier molecular flexibility index (Phi) is 8.53. The molecule has 1 heterocycles. The van der Waals surface area contributed by atoms with Gasteiger partial charge >= 0.3 is 0 Å². The van der Waals surface area contributed by atoms with Crippen molar-refractivity contribution in [2.75, 3.05) is 43.5 Å². The van der Waals surface area contributed by atoms with E-state index in [0.29, 0.717) is 47.7 Å². The van der Waals surface area contributed by atoms with Crippen LogP contribution in [0.15, 0.2) is 60.7 Å². The van der Waals surface area contributed by atoms with E-state index in [0.717, 1.165) is 16.8 Å². The van der Waals surface area contributed by atoms with Crippen LogP contribution in [0.4, 0.5) is 11.4 Å². The molecular weight excluding hydrogens is 531 g/mol. The largest absolute Gasteiger partial charge is 0.496 e. The second kappa shape index (κ2) is 11.8. The maximum atomic E-state index is 12.9. The Hall–Kier alpha value is -3.33. The zero-order chi connectivity index (χ0) is 26.5. The number of benzene rings is 3. The van der Waals surface area contributed by atoms with Crippen molar-refractivity contribution in [3.63, 3.8) is 0 Å². The molecule has 0 radical (unpaired) electrons. The third kappa shape index (κ3) is 6.33. The molecule has 1 fully saturated rings. The highest BCUT2D eigenvalue weighted by atomic mass is 35.5. The lowest BCUT2D eigenvalue weighted by Crippen LogP contribution is -2.49. The van der Waals surface area contributed by atoms with Crippen molar-refractivity contribution in [3.05, 3.63) is 87.4 Å². The monoisotopic (exact) mass is 556 g/mol. The average molecular weight is 558 g/mol. The highest BCUT2D eigenvalue weighted by molar-refractivity contribution is 7.80. The number of carbonyl (C=O) groups excluding carboxylic acids is 2. The number of nitrogens with one attached hydrogen (secondary N) is 2. The van der Waals surface area contributed by atoms with Crippen LogP contribution in [-0.4, -0.2) is 55.1 Å². The van der Waals surface area contributed by atoms with E-state index in [9.17, 15) is 9.59 Å². The van der Waals surface area contributed by atoms with Gasteiger partial charge in [0.25, 0.3) is 11.8 Å². The van der Waals surface area contributed by atoms with E-state index in [1.54, 1.807) is 18.2 Å². The zero-order valence-electron chi connectivity index (χ0n) is 20.4. The van der Waals surface area contributed by atoms with E-state index >= 15 is 0 Å². The number of anilines is 2. The van der Waals surface area contributed by atoms with Gasteiger partial charge in [-0.3, -0.25) is 14.9 Å². The number of piperazine rings is 1. The topological polar surface area (TPSA) is 73.9 Å². The van der Waals surface area contributed by atoms with Crippen LogP contribution in [-0.2, 0) is 0 Å². The van der Waals surface area contributed by atoms with E-state index in [2.05, 4.69) is 15.5 Å². The lowest BCUT2D eigenvalue weighted by Gasteiger charge is -2.36. The lowest BCUT2D eigenvalue weighted by atomic mass is 10.1. The first-order valence-electron chi connectivity index (χ1n) is 11.6. The number of amides is 2. The summed E-state index contributed by atoms with van der Waals surface area (Å²) >= 11 is 17.9. The summed E-state index contributed by atoms with van der Waals surface area (Å²) in [6, 6.07) is 17.9. The zero-order valence-corrected chi connectivity index (χ0v) is 22.7. The molecule has 0 atom stereocenters. The van der Waals surface area contributed by atoms with Gasteiger partial charge < -0.3 is 19.9 Å². The molecule has 1 saturated heterocycles. The summed E-state index contributed by atoms with van der Waals surface area (Å²) < 4.78 is 5.23. The fraction of sp³-hybridized carbons (Fsp3) is 0.222. The Morgan fingerprint density at radius 1 is 0.946 bits per heavy atom. The van der Waals surface area contributed by atoms with Gasteiger partial charge in [0.2, 0.25) is 0 Å². The van der Waals surface area contributed by atoms with Crippen molar-refractivity contribution < 1.29 is 14.3 Å². The SMILES string of the molecule is COc1ccc(Cl)cc1C(=O)NC(=S)Nc1ccc(N2CCN(C(=O)c3ccccc3C)CC2)c(Cl)c1. The highest BCUT2D eigenvalue weighted by Gasteiger charge is 2.24. The Labute approximate surface area is 231 Å². The van der Waals surface area contributed by atoms with E-state index in [1.165, 1.54) is 13.2 Å². The molecule has 0 bridgehead atoms. The molecule has 1 aliphatic rings. The normalized spacial score (nSPS) is 13.2. The van der Waals surface area contributed by atoms with Crippen LogP contribution in [0.2, 0.25) is 10.0 Å².